The van der Waals surface area contributed by atoms with Crippen LogP contribution in [0.25, 0.3) is 10.8 Å². The number of hydrogen-bond donors (Lipinski definition) is 0. The third kappa shape index (κ3) is 2.37. The molecule has 4 rings (SSSR count). The van der Waals surface area contributed by atoms with Crippen molar-refractivity contribution in [3.05, 3.63) is 54.6 Å². The minimum absolute atomic E-state index is 0.102. The fraction of sp³-hybridized carbons (Fsp3) is 0.316. The van der Waals surface area contributed by atoms with Gasteiger partial charge in [0.25, 0.3) is 5.91 Å². The van der Waals surface area contributed by atoms with Gasteiger partial charge in [-0.25, -0.2) is 0 Å². The standard InChI is InChI=1S/C19H19NO2/c21-19(20-16-6-3-7-17(20)10-9-16)13-22-18-11-8-14-4-1-2-5-15(14)12-18/h1-6,8,11-12,16-17H,7,9-10,13H2. The average Bonchev–Trinajstić information content (AvgIpc) is 2.81. The highest BCUT2D eigenvalue weighted by Gasteiger charge is 2.36. The molecule has 2 aromatic carbocycles. The van der Waals surface area contributed by atoms with Crippen LogP contribution in [0.4, 0.5) is 0 Å². The third-order valence-electron chi connectivity index (χ3n) is 4.68. The van der Waals surface area contributed by atoms with Crippen LogP contribution in [0.2, 0.25) is 0 Å². The molecule has 0 spiro atoms. The van der Waals surface area contributed by atoms with Gasteiger partial charge in [0, 0.05) is 6.04 Å². The lowest BCUT2D eigenvalue weighted by molar-refractivity contribution is -0.135. The van der Waals surface area contributed by atoms with E-state index in [1.165, 1.54) is 5.39 Å². The van der Waals surface area contributed by atoms with E-state index in [2.05, 4.69) is 24.3 Å². The number of amides is 1. The summed E-state index contributed by atoms with van der Waals surface area (Å²) >= 11 is 0. The highest BCUT2D eigenvalue weighted by Crippen LogP contribution is 2.31. The molecule has 2 atom stereocenters. The van der Waals surface area contributed by atoms with Gasteiger partial charge in [0.2, 0.25) is 0 Å². The number of ether oxygens (including phenoxy) is 1. The van der Waals surface area contributed by atoms with Gasteiger partial charge in [-0.1, -0.05) is 42.5 Å². The molecule has 1 amide bonds. The van der Waals surface area contributed by atoms with Crippen LogP contribution in [-0.4, -0.2) is 29.5 Å². The van der Waals surface area contributed by atoms with E-state index in [-0.39, 0.29) is 18.6 Å². The molecule has 2 aliphatic heterocycles. The first-order chi connectivity index (χ1) is 10.8. The van der Waals surface area contributed by atoms with Crippen LogP contribution in [0.5, 0.6) is 5.75 Å². The first-order valence-corrected chi connectivity index (χ1v) is 7.91. The number of nitrogens with zero attached hydrogens (tertiary/aromatic N) is 1. The normalized spacial score (nSPS) is 23.0. The first-order valence-electron chi connectivity index (χ1n) is 7.91. The summed E-state index contributed by atoms with van der Waals surface area (Å²) < 4.78 is 5.74. The minimum Gasteiger partial charge on any atom is -0.484 e. The van der Waals surface area contributed by atoms with Gasteiger partial charge in [0.1, 0.15) is 5.75 Å². The summed E-state index contributed by atoms with van der Waals surface area (Å²) in [7, 11) is 0. The van der Waals surface area contributed by atoms with Gasteiger partial charge in [0.15, 0.2) is 6.61 Å². The molecule has 2 unspecified atom stereocenters. The van der Waals surface area contributed by atoms with Crippen LogP contribution in [-0.2, 0) is 4.79 Å². The number of carbonyl (C=O) groups is 1. The summed E-state index contributed by atoms with van der Waals surface area (Å²) in [6, 6.07) is 14.8. The minimum atomic E-state index is 0.102. The molecule has 1 saturated heterocycles. The number of hydrogen-bond acceptors (Lipinski definition) is 2. The van der Waals surface area contributed by atoms with Crippen molar-refractivity contribution < 1.29 is 9.53 Å². The van der Waals surface area contributed by atoms with E-state index < -0.39 is 0 Å². The number of carbonyl (C=O) groups excluding carboxylic acids is 1. The molecular formula is C19H19NO2. The zero-order valence-electron chi connectivity index (χ0n) is 12.4. The number of benzene rings is 2. The second kappa shape index (κ2) is 5.48. The van der Waals surface area contributed by atoms with Gasteiger partial charge in [-0.3, -0.25) is 4.79 Å². The fourth-order valence-corrected chi connectivity index (χ4v) is 3.59. The average molecular weight is 293 g/mol. The van der Waals surface area contributed by atoms with Crippen molar-refractivity contribution in [3.63, 3.8) is 0 Å². The van der Waals surface area contributed by atoms with Gasteiger partial charge in [-0.2, -0.15) is 0 Å². The maximum absolute atomic E-state index is 12.5. The second-order valence-electron chi connectivity index (χ2n) is 6.06. The van der Waals surface area contributed by atoms with Crippen molar-refractivity contribution in [2.45, 2.75) is 31.3 Å². The Morgan fingerprint density at radius 1 is 1.14 bits per heavy atom. The van der Waals surface area contributed by atoms with Crippen molar-refractivity contribution >= 4 is 16.7 Å². The first kappa shape index (κ1) is 13.4. The Kier molecular flexibility index (Phi) is 3.34. The van der Waals surface area contributed by atoms with Crippen LogP contribution in [0.3, 0.4) is 0 Å². The molecule has 0 radical (unpaired) electrons. The Bertz CT molecular complexity index is 737. The predicted molar refractivity (Wildman–Crippen MR) is 86.9 cm³/mol. The molecule has 0 aromatic heterocycles. The summed E-state index contributed by atoms with van der Waals surface area (Å²) in [4.78, 5) is 14.5. The highest BCUT2D eigenvalue weighted by molar-refractivity contribution is 5.84. The molecular weight excluding hydrogens is 274 g/mol. The quantitative estimate of drug-likeness (QED) is 0.810. The smallest absolute Gasteiger partial charge is 0.261 e. The maximum atomic E-state index is 12.5. The highest BCUT2D eigenvalue weighted by atomic mass is 16.5. The molecule has 3 heteroatoms. The second-order valence-corrected chi connectivity index (χ2v) is 6.06. The molecule has 2 bridgehead atoms. The van der Waals surface area contributed by atoms with E-state index >= 15 is 0 Å². The number of rotatable bonds is 3. The molecule has 3 nitrogen and oxygen atoms in total. The number of fused-ring (bicyclic) bond motifs is 3. The van der Waals surface area contributed by atoms with Crippen molar-refractivity contribution in [2.75, 3.05) is 6.61 Å². The van der Waals surface area contributed by atoms with Gasteiger partial charge >= 0.3 is 0 Å². The summed E-state index contributed by atoms with van der Waals surface area (Å²) in [5, 5.41) is 2.31. The Morgan fingerprint density at radius 3 is 2.86 bits per heavy atom. The molecule has 2 aromatic rings. The van der Waals surface area contributed by atoms with Gasteiger partial charge < -0.3 is 9.64 Å². The van der Waals surface area contributed by atoms with Gasteiger partial charge in [0.05, 0.1) is 6.04 Å². The van der Waals surface area contributed by atoms with Crippen LogP contribution in [0.15, 0.2) is 54.6 Å². The van der Waals surface area contributed by atoms with Gasteiger partial charge in [-0.05, 0) is 42.2 Å². The SMILES string of the molecule is O=C(COc1ccc2ccccc2c1)N1C2C=CCC1CC2. The largest absolute Gasteiger partial charge is 0.484 e. The van der Waals surface area contributed by atoms with E-state index in [1.54, 1.807) is 0 Å². The van der Waals surface area contributed by atoms with Crippen LogP contribution < -0.4 is 4.74 Å². The fourth-order valence-electron chi connectivity index (χ4n) is 3.59. The molecule has 0 saturated carbocycles. The third-order valence-corrected chi connectivity index (χ3v) is 4.68. The summed E-state index contributed by atoms with van der Waals surface area (Å²) in [5.41, 5.74) is 0. The van der Waals surface area contributed by atoms with Crippen LogP contribution in [0.1, 0.15) is 19.3 Å². The predicted octanol–water partition coefficient (Wildman–Crippen LogP) is 3.54. The zero-order valence-corrected chi connectivity index (χ0v) is 12.4. The Labute approximate surface area is 130 Å². The van der Waals surface area contributed by atoms with Crippen LogP contribution >= 0.6 is 0 Å². The summed E-state index contributed by atoms with van der Waals surface area (Å²) in [6.45, 7) is 0.124. The Morgan fingerprint density at radius 2 is 2.00 bits per heavy atom. The lowest BCUT2D eigenvalue weighted by Crippen LogP contribution is -2.44. The molecule has 1 fully saturated rings. The Hall–Kier alpha value is -2.29. The Balaban J connectivity index is 1.45. The van der Waals surface area contributed by atoms with E-state index in [1.807, 2.05) is 35.2 Å². The van der Waals surface area contributed by atoms with E-state index in [4.69, 9.17) is 4.74 Å². The zero-order chi connectivity index (χ0) is 14.9. The summed E-state index contributed by atoms with van der Waals surface area (Å²) in [6.07, 6.45) is 7.55. The van der Waals surface area contributed by atoms with Crippen molar-refractivity contribution in [2.24, 2.45) is 0 Å². The van der Waals surface area contributed by atoms with Crippen LogP contribution in [0, 0.1) is 0 Å². The molecule has 2 heterocycles. The van der Waals surface area contributed by atoms with Crippen molar-refractivity contribution in [1.82, 2.24) is 4.90 Å². The molecule has 0 aliphatic carbocycles. The summed E-state index contributed by atoms with van der Waals surface area (Å²) in [5.74, 6) is 0.858. The molecule has 0 N–H and O–H groups in total. The van der Waals surface area contributed by atoms with E-state index in [9.17, 15) is 4.79 Å². The van der Waals surface area contributed by atoms with E-state index in [0.29, 0.717) is 6.04 Å². The monoisotopic (exact) mass is 293 g/mol. The molecule has 2 aliphatic rings. The lowest BCUT2D eigenvalue weighted by Gasteiger charge is -2.31. The molecule has 22 heavy (non-hydrogen) atoms. The van der Waals surface area contributed by atoms with Crippen molar-refractivity contribution in [3.8, 4) is 5.75 Å². The lowest BCUT2D eigenvalue weighted by atomic mass is 10.1. The topological polar surface area (TPSA) is 29.5 Å². The maximum Gasteiger partial charge on any atom is 0.261 e. The van der Waals surface area contributed by atoms with Gasteiger partial charge in [-0.15, -0.1) is 0 Å². The van der Waals surface area contributed by atoms with E-state index in [0.717, 1.165) is 30.4 Å². The molecule has 112 valence electrons. The van der Waals surface area contributed by atoms with Crippen molar-refractivity contribution in [1.29, 1.82) is 0 Å².